The van der Waals surface area contributed by atoms with Crippen LogP contribution in [0.4, 0.5) is 0 Å². The highest BCUT2D eigenvalue weighted by Gasteiger charge is 2.21. The lowest BCUT2D eigenvalue weighted by Gasteiger charge is -2.21. The average molecular weight is 195 g/mol. The molecule has 0 fully saturated rings. The van der Waals surface area contributed by atoms with E-state index in [4.69, 9.17) is 11.6 Å². The second-order valence-electron chi connectivity index (χ2n) is 3.53. The Balaban J connectivity index is 3.30. The Hall–Kier alpha value is -0.750. The molecule has 1 aromatic rings. The van der Waals surface area contributed by atoms with Gasteiger partial charge in [0.15, 0.2) is 0 Å². The molecule has 0 bridgehead atoms. The molecule has 0 nitrogen and oxygen atoms in total. The normalized spacial score (nSPS) is 15.1. The molecule has 0 aromatic heterocycles. The molecule has 0 heterocycles. The van der Waals surface area contributed by atoms with E-state index in [0.717, 1.165) is 5.56 Å². The van der Waals surface area contributed by atoms with E-state index < -0.39 is 4.87 Å². The summed E-state index contributed by atoms with van der Waals surface area (Å²) in [6.45, 7) is 9.89. The quantitative estimate of drug-likeness (QED) is 0.494. The summed E-state index contributed by atoms with van der Waals surface area (Å²) >= 11 is 6.31. The molecular weight excluding hydrogens is 180 g/mol. The number of hydrogen-bond donors (Lipinski definition) is 0. The van der Waals surface area contributed by atoms with Crippen molar-refractivity contribution in [2.75, 3.05) is 0 Å². The van der Waals surface area contributed by atoms with Crippen LogP contribution < -0.4 is 0 Å². The van der Waals surface area contributed by atoms with Crippen LogP contribution in [0.5, 0.6) is 0 Å². The highest BCUT2D eigenvalue weighted by Crippen LogP contribution is 2.32. The third-order valence-electron chi connectivity index (χ3n) is 2.51. The molecule has 0 saturated heterocycles. The predicted molar refractivity (Wildman–Crippen MR) is 59.3 cm³/mol. The summed E-state index contributed by atoms with van der Waals surface area (Å²) in [6.07, 6.45) is 1.77. The van der Waals surface area contributed by atoms with Crippen LogP contribution in [-0.2, 0) is 4.87 Å². The molecule has 0 radical (unpaired) electrons. The molecule has 0 aliphatic heterocycles. The van der Waals surface area contributed by atoms with Crippen molar-refractivity contribution in [1.29, 1.82) is 0 Å². The Morgan fingerprint density at radius 1 is 1.38 bits per heavy atom. The molecule has 1 unspecified atom stereocenters. The van der Waals surface area contributed by atoms with Gasteiger partial charge in [0, 0.05) is 0 Å². The monoisotopic (exact) mass is 194 g/mol. The molecule has 0 amide bonds. The number of benzene rings is 1. The van der Waals surface area contributed by atoms with E-state index in [0.29, 0.717) is 0 Å². The van der Waals surface area contributed by atoms with Crippen molar-refractivity contribution in [3.63, 3.8) is 0 Å². The zero-order chi connectivity index (χ0) is 10.1. The van der Waals surface area contributed by atoms with Gasteiger partial charge in [0.1, 0.15) is 0 Å². The van der Waals surface area contributed by atoms with Crippen LogP contribution in [0.15, 0.2) is 30.9 Å². The second kappa shape index (κ2) is 3.55. The number of aryl methyl sites for hydroxylation is 1. The number of rotatable bonds is 2. The maximum absolute atomic E-state index is 6.31. The van der Waals surface area contributed by atoms with Gasteiger partial charge in [-0.2, -0.15) is 0 Å². The molecule has 0 aliphatic carbocycles. The number of alkyl halides is 1. The van der Waals surface area contributed by atoms with Crippen molar-refractivity contribution < 1.29 is 0 Å². The minimum Gasteiger partial charge on any atom is -0.110 e. The first kappa shape index (κ1) is 10.3. The summed E-state index contributed by atoms with van der Waals surface area (Å²) in [7, 11) is 0. The minimum atomic E-state index is -0.448. The van der Waals surface area contributed by atoms with Gasteiger partial charge < -0.3 is 0 Å². The van der Waals surface area contributed by atoms with Crippen LogP contribution in [0.25, 0.3) is 0 Å². The lowest BCUT2D eigenvalue weighted by molar-refractivity contribution is 0.851. The van der Waals surface area contributed by atoms with Gasteiger partial charge in [0.25, 0.3) is 0 Å². The number of hydrogen-bond acceptors (Lipinski definition) is 0. The lowest BCUT2D eigenvalue weighted by Crippen LogP contribution is -2.11. The fourth-order valence-corrected chi connectivity index (χ4v) is 1.60. The Bertz CT molecular complexity index is 324. The molecule has 0 spiro atoms. The van der Waals surface area contributed by atoms with Crippen LogP contribution in [0, 0.1) is 13.8 Å². The van der Waals surface area contributed by atoms with Crippen LogP contribution in [0.3, 0.4) is 0 Å². The van der Waals surface area contributed by atoms with Crippen molar-refractivity contribution in [1.82, 2.24) is 0 Å². The Labute approximate surface area is 85.2 Å². The van der Waals surface area contributed by atoms with Gasteiger partial charge in [0.05, 0.1) is 4.87 Å². The Kier molecular flexibility index (Phi) is 2.82. The van der Waals surface area contributed by atoms with Crippen molar-refractivity contribution in [2.45, 2.75) is 25.6 Å². The first-order valence-electron chi connectivity index (χ1n) is 4.38. The highest BCUT2D eigenvalue weighted by molar-refractivity contribution is 6.25. The zero-order valence-electron chi connectivity index (χ0n) is 8.39. The van der Waals surface area contributed by atoms with E-state index in [1.54, 1.807) is 6.08 Å². The third-order valence-corrected chi connectivity index (χ3v) is 2.87. The average Bonchev–Trinajstić information content (AvgIpc) is 2.09. The molecule has 0 aliphatic rings. The molecule has 1 rings (SSSR count). The van der Waals surface area contributed by atoms with E-state index in [2.05, 4.69) is 32.6 Å². The van der Waals surface area contributed by atoms with Crippen LogP contribution in [-0.4, -0.2) is 0 Å². The molecule has 1 atom stereocenters. The first-order valence-corrected chi connectivity index (χ1v) is 4.76. The number of halogens is 1. The molecule has 1 heteroatoms. The summed E-state index contributed by atoms with van der Waals surface area (Å²) < 4.78 is 0. The first-order chi connectivity index (χ1) is 5.99. The van der Waals surface area contributed by atoms with Crippen LogP contribution in [0.2, 0.25) is 0 Å². The fourth-order valence-electron chi connectivity index (χ4n) is 1.39. The highest BCUT2D eigenvalue weighted by atomic mass is 35.5. The summed E-state index contributed by atoms with van der Waals surface area (Å²) in [5.74, 6) is 0. The smallest absolute Gasteiger partial charge is 0.0847 e. The zero-order valence-corrected chi connectivity index (χ0v) is 9.15. The predicted octanol–water partition coefficient (Wildman–Crippen LogP) is 3.94. The Morgan fingerprint density at radius 2 is 2.00 bits per heavy atom. The van der Waals surface area contributed by atoms with E-state index in [9.17, 15) is 0 Å². The van der Waals surface area contributed by atoms with E-state index in [1.807, 2.05) is 13.0 Å². The van der Waals surface area contributed by atoms with Crippen LogP contribution >= 0.6 is 11.6 Å². The summed E-state index contributed by atoms with van der Waals surface area (Å²) in [5.41, 5.74) is 3.66. The molecule has 0 N–H and O–H groups in total. The summed E-state index contributed by atoms with van der Waals surface area (Å²) in [4.78, 5) is -0.448. The van der Waals surface area contributed by atoms with Crippen LogP contribution in [0.1, 0.15) is 23.6 Å². The molecule has 13 heavy (non-hydrogen) atoms. The molecule has 70 valence electrons. The van der Waals surface area contributed by atoms with E-state index in [1.165, 1.54) is 11.1 Å². The van der Waals surface area contributed by atoms with Gasteiger partial charge in [-0.05, 0) is 37.5 Å². The molecular formula is C12H15Cl. The van der Waals surface area contributed by atoms with Gasteiger partial charge in [-0.3, -0.25) is 0 Å². The van der Waals surface area contributed by atoms with Crippen molar-refractivity contribution in [2.24, 2.45) is 0 Å². The fraction of sp³-hybridized carbons (Fsp3) is 0.333. The van der Waals surface area contributed by atoms with Crippen molar-refractivity contribution in [3.05, 3.63) is 47.5 Å². The topological polar surface area (TPSA) is 0 Å². The summed E-state index contributed by atoms with van der Waals surface area (Å²) in [5, 5.41) is 0. The van der Waals surface area contributed by atoms with Gasteiger partial charge in [-0.1, -0.05) is 24.3 Å². The SMILES string of the molecule is C=CC(C)(Cl)c1cccc(C)c1C. The van der Waals surface area contributed by atoms with E-state index >= 15 is 0 Å². The van der Waals surface area contributed by atoms with Crippen molar-refractivity contribution >= 4 is 11.6 Å². The van der Waals surface area contributed by atoms with Gasteiger partial charge in [-0.15, -0.1) is 18.2 Å². The van der Waals surface area contributed by atoms with Gasteiger partial charge in [-0.25, -0.2) is 0 Å². The largest absolute Gasteiger partial charge is 0.110 e. The van der Waals surface area contributed by atoms with Gasteiger partial charge in [0.2, 0.25) is 0 Å². The lowest BCUT2D eigenvalue weighted by atomic mass is 9.93. The maximum Gasteiger partial charge on any atom is 0.0847 e. The maximum atomic E-state index is 6.31. The summed E-state index contributed by atoms with van der Waals surface area (Å²) in [6, 6.07) is 6.17. The van der Waals surface area contributed by atoms with E-state index in [-0.39, 0.29) is 0 Å². The molecule has 1 aromatic carbocycles. The number of allylic oxidation sites excluding steroid dienone is 1. The third kappa shape index (κ3) is 1.94. The standard InChI is InChI=1S/C12H15Cl/c1-5-12(4,13)11-8-6-7-9(2)10(11)3/h5-8H,1H2,2-4H3. The Morgan fingerprint density at radius 3 is 2.54 bits per heavy atom. The second-order valence-corrected chi connectivity index (χ2v) is 4.31. The molecule has 0 saturated carbocycles. The van der Waals surface area contributed by atoms with Crippen molar-refractivity contribution in [3.8, 4) is 0 Å². The van der Waals surface area contributed by atoms with Gasteiger partial charge >= 0.3 is 0 Å². The minimum absolute atomic E-state index is 0.448.